The van der Waals surface area contributed by atoms with E-state index >= 15 is 0 Å². The maximum atomic E-state index is 6.96. The first-order valence-electron chi connectivity index (χ1n) is 2.62. The predicted molar refractivity (Wildman–Crippen MR) is 29.3 cm³/mol. The van der Waals surface area contributed by atoms with Crippen molar-refractivity contribution >= 4 is 11.3 Å². The van der Waals surface area contributed by atoms with Crippen molar-refractivity contribution in [1.82, 2.24) is 10.2 Å². The van der Waals surface area contributed by atoms with Gasteiger partial charge in [0.05, 0.1) is 1.37 Å². The molecule has 3 heteroatoms. The molecule has 1 aromatic heterocycles. The second-order valence-corrected chi connectivity index (χ2v) is 2.00. The number of aryl methyl sites for hydroxylation is 1. The van der Waals surface area contributed by atoms with Gasteiger partial charge in [-0.1, -0.05) is 6.92 Å². The molecule has 0 bridgehead atoms. The van der Waals surface area contributed by atoms with Gasteiger partial charge in [-0.2, -0.15) is 0 Å². The lowest BCUT2D eigenvalue weighted by Crippen LogP contribution is -1.74. The predicted octanol–water partition coefficient (Wildman–Crippen LogP) is 1.10. The van der Waals surface area contributed by atoms with E-state index in [0.717, 1.165) is 11.4 Å². The quantitative estimate of drug-likeness (QED) is 0.547. The summed E-state index contributed by atoms with van der Waals surface area (Å²) in [4.78, 5) is 0. The van der Waals surface area contributed by atoms with E-state index < -0.39 is 0 Å². The Bertz CT molecular complexity index is 174. The molecule has 0 aliphatic rings. The van der Waals surface area contributed by atoms with Gasteiger partial charge in [-0.25, -0.2) is 0 Å². The van der Waals surface area contributed by atoms with Gasteiger partial charge >= 0.3 is 0 Å². The van der Waals surface area contributed by atoms with Gasteiger partial charge in [0.25, 0.3) is 0 Å². The summed E-state index contributed by atoms with van der Waals surface area (Å²) in [6.07, 6.45) is 0.885. The summed E-state index contributed by atoms with van der Waals surface area (Å²) < 4.78 is 6.96. The number of hydrogen-bond acceptors (Lipinski definition) is 3. The smallest absolute Gasteiger partial charge is 0.116 e. The van der Waals surface area contributed by atoms with Crippen molar-refractivity contribution in [3.63, 3.8) is 0 Å². The van der Waals surface area contributed by atoms with Crippen molar-refractivity contribution in [2.75, 3.05) is 0 Å². The third-order valence-corrected chi connectivity index (χ3v) is 1.45. The molecule has 0 N–H and O–H groups in total. The highest BCUT2D eigenvalue weighted by Crippen LogP contribution is 1.99. The molecule has 0 unspecified atom stereocenters. The molecule has 0 amide bonds. The fraction of sp³-hybridized carbons (Fsp3) is 0.500. The van der Waals surface area contributed by atoms with Gasteiger partial charge in [-0.3, -0.25) is 0 Å². The van der Waals surface area contributed by atoms with Gasteiger partial charge in [0.15, 0.2) is 0 Å². The molecule has 0 fully saturated rings. The minimum atomic E-state index is 0.307. The summed E-state index contributed by atoms with van der Waals surface area (Å²) in [5.74, 6) is 0. The topological polar surface area (TPSA) is 25.8 Å². The van der Waals surface area contributed by atoms with Crippen molar-refractivity contribution < 1.29 is 1.37 Å². The van der Waals surface area contributed by atoms with E-state index in [2.05, 4.69) is 10.2 Å². The summed E-state index contributed by atoms with van der Waals surface area (Å²) in [5, 5.41) is 8.18. The zero-order valence-electron chi connectivity index (χ0n) is 5.01. The number of aromatic nitrogens is 2. The van der Waals surface area contributed by atoms with E-state index in [4.69, 9.17) is 1.37 Å². The lowest BCUT2D eigenvalue weighted by molar-refractivity contribution is 0.984. The Hall–Kier alpha value is -0.440. The minimum Gasteiger partial charge on any atom is -0.147 e. The van der Waals surface area contributed by atoms with E-state index in [1.54, 1.807) is 0 Å². The van der Waals surface area contributed by atoms with E-state index in [-0.39, 0.29) is 0 Å². The SMILES string of the molecule is [2H]c1nnc(CC)s1. The Balaban J connectivity index is 2.84. The van der Waals surface area contributed by atoms with Gasteiger partial charge in [0.1, 0.15) is 10.5 Å². The maximum absolute atomic E-state index is 6.96. The van der Waals surface area contributed by atoms with Crippen molar-refractivity contribution in [3.8, 4) is 0 Å². The van der Waals surface area contributed by atoms with Gasteiger partial charge in [-0.15, -0.1) is 21.5 Å². The molecule has 1 aromatic rings. The van der Waals surface area contributed by atoms with E-state index in [1.807, 2.05) is 6.92 Å². The fourth-order valence-corrected chi connectivity index (χ4v) is 0.726. The molecule has 0 spiro atoms. The second-order valence-electron chi connectivity index (χ2n) is 1.14. The van der Waals surface area contributed by atoms with Crippen LogP contribution in [-0.4, -0.2) is 10.2 Å². The average molecular weight is 115 g/mol. The van der Waals surface area contributed by atoms with Crippen molar-refractivity contribution in [1.29, 1.82) is 0 Å². The summed E-state index contributed by atoms with van der Waals surface area (Å²) in [6.45, 7) is 2.00. The third-order valence-electron chi connectivity index (χ3n) is 0.668. The maximum Gasteiger partial charge on any atom is 0.116 e. The van der Waals surface area contributed by atoms with Crippen LogP contribution >= 0.6 is 11.3 Å². The highest BCUT2D eigenvalue weighted by Gasteiger charge is 1.86. The first-order valence-corrected chi connectivity index (χ1v) is 2.93. The molecule has 1 rings (SSSR count). The third kappa shape index (κ3) is 0.962. The monoisotopic (exact) mass is 115 g/mol. The van der Waals surface area contributed by atoms with Gasteiger partial charge in [0, 0.05) is 0 Å². The van der Waals surface area contributed by atoms with E-state index in [9.17, 15) is 0 Å². The Morgan fingerprint density at radius 2 is 3.00 bits per heavy atom. The molecular weight excluding hydrogens is 108 g/mol. The molecule has 7 heavy (non-hydrogen) atoms. The highest BCUT2D eigenvalue weighted by atomic mass is 32.1. The normalized spacial score (nSPS) is 11.3. The highest BCUT2D eigenvalue weighted by molar-refractivity contribution is 7.09. The zero-order chi connectivity index (χ0) is 5.98. The van der Waals surface area contributed by atoms with Gasteiger partial charge in [0.2, 0.25) is 0 Å². The van der Waals surface area contributed by atoms with Crippen LogP contribution in [0.2, 0.25) is 0 Å². The Labute approximate surface area is 47.6 Å². The van der Waals surface area contributed by atoms with E-state index in [0.29, 0.717) is 5.49 Å². The molecule has 1 heterocycles. The fourth-order valence-electron chi connectivity index (χ4n) is 0.313. The average Bonchev–Trinajstić information content (AvgIpc) is 2.14. The molecule has 0 saturated heterocycles. The van der Waals surface area contributed by atoms with Crippen LogP contribution in [0, 0.1) is 0 Å². The van der Waals surface area contributed by atoms with Crippen LogP contribution < -0.4 is 0 Å². The summed E-state index contributed by atoms with van der Waals surface area (Å²) in [5.41, 5.74) is 0.307. The second kappa shape index (κ2) is 2.02. The van der Waals surface area contributed by atoms with Crippen molar-refractivity contribution in [2.24, 2.45) is 0 Å². The Morgan fingerprint density at radius 3 is 3.29 bits per heavy atom. The van der Waals surface area contributed by atoms with Gasteiger partial charge in [-0.05, 0) is 6.42 Å². The van der Waals surface area contributed by atoms with E-state index in [1.165, 1.54) is 11.3 Å². The van der Waals surface area contributed by atoms with Crippen LogP contribution in [0.4, 0.5) is 0 Å². The van der Waals surface area contributed by atoms with Crippen LogP contribution in [0.3, 0.4) is 0 Å². The number of rotatable bonds is 1. The van der Waals surface area contributed by atoms with Gasteiger partial charge < -0.3 is 0 Å². The first kappa shape index (κ1) is 3.55. The Morgan fingerprint density at radius 1 is 2.14 bits per heavy atom. The summed E-state index contributed by atoms with van der Waals surface area (Å²) in [7, 11) is 0. The summed E-state index contributed by atoms with van der Waals surface area (Å²) >= 11 is 1.33. The molecule has 0 aliphatic heterocycles. The first-order chi connectivity index (χ1) is 3.83. The molecule has 0 radical (unpaired) electrons. The largest absolute Gasteiger partial charge is 0.147 e. The minimum absolute atomic E-state index is 0.307. The lowest BCUT2D eigenvalue weighted by atomic mass is 10.5. The molecule has 2 nitrogen and oxygen atoms in total. The lowest BCUT2D eigenvalue weighted by Gasteiger charge is -1.74. The molecule has 0 atom stereocenters. The van der Waals surface area contributed by atoms with Crippen LogP contribution in [-0.2, 0) is 6.42 Å². The van der Waals surface area contributed by atoms with Crippen LogP contribution in [0.15, 0.2) is 5.49 Å². The number of nitrogens with zero attached hydrogens (tertiary/aromatic N) is 2. The Kier molecular flexibility index (Phi) is 1.03. The molecule has 0 aliphatic carbocycles. The van der Waals surface area contributed by atoms with Crippen molar-refractivity contribution in [2.45, 2.75) is 13.3 Å². The molecule has 0 aromatic carbocycles. The molecule has 0 saturated carbocycles. The number of hydrogen-bond donors (Lipinski definition) is 0. The zero-order valence-corrected chi connectivity index (χ0v) is 4.83. The summed E-state index contributed by atoms with van der Waals surface area (Å²) in [6, 6.07) is 0. The van der Waals surface area contributed by atoms with Crippen LogP contribution in [0.5, 0.6) is 0 Å². The standard InChI is InChI=1S/C4H6N2S/c1-2-4-6-5-3-7-4/h3H,2H2,1H3/i3D. The van der Waals surface area contributed by atoms with Crippen LogP contribution in [0.25, 0.3) is 0 Å². The molecule has 38 valence electrons. The van der Waals surface area contributed by atoms with Crippen LogP contribution in [0.1, 0.15) is 13.3 Å². The molecular formula is C4H6N2S. The van der Waals surface area contributed by atoms with Crippen molar-refractivity contribution in [3.05, 3.63) is 10.5 Å².